The van der Waals surface area contributed by atoms with Gasteiger partial charge in [0.05, 0.1) is 4.34 Å². The van der Waals surface area contributed by atoms with Crippen LogP contribution in [0, 0.1) is 0 Å². The lowest BCUT2D eigenvalue weighted by molar-refractivity contribution is 0.384. The van der Waals surface area contributed by atoms with Gasteiger partial charge in [0.2, 0.25) is 0 Å². The Morgan fingerprint density at radius 3 is 2.48 bits per heavy atom. The van der Waals surface area contributed by atoms with Gasteiger partial charge in [0.15, 0.2) is 5.82 Å². The van der Waals surface area contributed by atoms with Gasteiger partial charge in [-0.2, -0.15) is 9.40 Å². The molecule has 21 heavy (non-hydrogen) atoms. The van der Waals surface area contributed by atoms with Crippen LogP contribution in [-0.4, -0.2) is 49.1 Å². The van der Waals surface area contributed by atoms with Crippen LogP contribution in [0.1, 0.15) is 0 Å². The van der Waals surface area contributed by atoms with Crippen molar-refractivity contribution in [3.05, 3.63) is 34.8 Å². The van der Waals surface area contributed by atoms with E-state index in [0.29, 0.717) is 34.7 Å². The number of thiophene rings is 1. The van der Waals surface area contributed by atoms with Gasteiger partial charge >= 0.3 is 0 Å². The second-order valence-electron chi connectivity index (χ2n) is 4.53. The molecule has 0 N–H and O–H groups in total. The van der Waals surface area contributed by atoms with E-state index in [9.17, 15) is 8.42 Å². The zero-order valence-electron chi connectivity index (χ0n) is 11.0. The maximum Gasteiger partial charge on any atom is 0.252 e. The second-order valence-corrected chi connectivity index (χ2v) is 8.41. The average Bonchev–Trinajstić information content (AvgIpc) is 2.96. The fourth-order valence-corrected chi connectivity index (χ4v) is 5.24. The molecule has 6 nitrogen and oxygen atoms in total. The predicted molar refractivity (Wildman–Crippen MR) is 82.3 cm³/mol. The van der Waals surface area contributed by atoms with E-state index in [1.165, 1.54) is 4.31 Å². The summed E-state index contributed by atoms with van der Waals surface area (Å²) in [5, 5.41) is 7.89. The highest BCUT2D eigenvalue weighted by atomic mass is 35.5. The molecule has 0 spiro atoms. The SMILES string of the molecule is O=S(=O)(c1ccc(Cl)s1)N1CCN(c2cccnn2)CC1. The van der Waals surface area contributed by atoms with Gasteiger partial charge < -0.3 is 4.90 Å². The van der Waals surface area contributed by atoms with E-state index in [0.717, 1.165) is 17.2 Å². The number of piperazine rings is 1. The molecule has 112 valence electrons. The number of rotatable bonds is 3. The lowest BCUT2D eigenvalue weighted by Crippen LogP contribution is -2.48. The van der Waals surface area contributed by atoms with E-state index in [2.05, 4.69) is 10.2 Å². The third kappa shape index (κ3) is 3.03. The lowest BCUT2D eigenvalue weighted by Gasteiger charge is -2.34. The van der Waals surface area contributed by atoms with Crippen molar-refractivity contribution in [1.82, 2.24) is 14.5 Å². The van der Waals surface area contributed by atoms with Crippen molar-refractivity contribution >= 4 is 38.8 Å². The van der Waals surface area contributed by atoms with Crippen molar-refractivity contribution < 1.29 is 8.42 Å². The van der Waals surface area contributed by atoms with Crippen molar-refractivity contribution in [1.29, 1.82) is 0 Å². The molecule has 0 atom stereocenters. The van der Waals surface area contributed by atoms with Gasteiger partial charge in [0, 0.05) is 32.4 Å². The highest BCUT2D eigenvalue weighted by Crippen LogP contribution is 2.28. The molecule has 0 aromatic carbocycles. The van der Waals surface area contributed by atoms with Gasteiger partial charge in [-0.3, -0.25) is 0 Å². The molecule has 1 aliphatic heterocycles. The summed E-state index contributed by atoms with van der Waals surface area (Å²) in [7, 11) is -3.44. The Hall–Kier alpha value is -1.22. The first-order chi connectivity index (χ1) is 10.1. The Morgan fingerprint density at radius 2 is 1.90 bits per heavy atom. The monoisotopic (exact) mass is 344 g/mol. The summed E-state index contributed by atoms with van der Waals surface area (Å²) in [5.41, 5.74) is 0. The molecule has 2 aromatic heterocycles. The zero-order chi connectivity index (χ0) is 14.9. The van der Waals surface area contributed by atoms with E-state index in [4.69, 9.17) is 11.6 Å². The van der Waals surface area contributed by atoms with Gasteiger partial charge in [-0.15, -0.1) is 16.4 Å². The fraction of sp³-hybridized carbons (Fsp3) is 0.333. The normalized spacial score (nSPS) is 17.1. The summed E-state index contributed by atoms with van der Waals surface area (Å²) >= 11 is 6.91. The molecule has 0 radical (unpaired) electrons. The van der Waals surface area contributed by atoms with Crippen LogP contribution in [0.5, 0.6) is 0 Å². The standard InChI is InChI=1S/C12H13ClN4O2S2/c13-10-3-4-12(20-10)21(18,19)17-8-6-16(7-9-17)11-2-1-5-14-15-11/h1-5H,6-9H2. The summed E-state index contributed by atoms with van der Waals surface area (Å²) in [5.74, 6) is 0.772. The summed E-state index contributed by atoms with van der Waals surface area (Å²) in [6, 6.07) is 6.85. The number of hydrogen-bond acceptors (Lipinski definition) is 6. The number of hydrogen-bond donors (Lipinski definition) is 0. The Labute approximate surface area is 132 Å². The molecule has 0 amide bonds. The molecule has 0 unspecified atom stereocenters. The number of anilines is 1. The quantitative estimate of drug-likeness (QED) is 0.848. The number of aromatic nitrogens is 2. The molecule has 1 aliphatic rings. The van der Waals surface area contributed by atoms with Crippen LogP contribution in [0.4, 0.5) is 5.82 Å². The molecule has 9 heteroatoms. The zero-order valence-corrected chi connectivity index (χ0v) is 13.4. The van der Waals surface area contributed by atoms with Crippen LogP contribution < -0.4 is 4.90 Å². The van der Waals surface area contributed by atoms with Crippen molar-refractivity contribution in [2.75, 3.05) is 31.1 Å². The Balaban J connectivity index is 1.71. The van der Waals surface area contributed by atoms with E-state index in [1.807, 2.05) is 17.0 Å². The third-order valence-corrected chi connectivity index (χ3v) is 6.86. The van der Waals surface area contributed by atoms with Gasteiger partial charge in [-0.25, -0.2) is 8.42 Å². The fourth-order valence-electron chi connectivity index (χ4n) is 2.18. The number of halogens is 1. The van der Waals surface area contributed by atoms with E-state index >= 15 is 0 Å². The summed E-state index contributed by atoms with van der Waals surface area (Å²) in [4.78, 5) is 2.03. The molecule has 0 saturated carbocycles. The van der Waals surface area contributed by atoms with Crippen molar-refractivity contribution in [2.45, 2.75) is 4.21 Å². The van der Waals surface area contributed by atoms with Gasteiger partial charge in [0.25, 0.3) is 10.0 Å². The largest absolute Gasteiger partial charge is 0.352 e. The molecular formula is C12H13ClN4O2S2. The Bertz CT molecular complexity index is 712. The molecular weight excluding hydrogens is 332 g/mol. The predicted octanol–water partition coefficient (Wildman–Crippen LogP) is 1.70. The highest BCUT2D eigenvalue weighted by molar-refractivity contribution is 7.91. The maximum absolute atomic E-state index is 12.5. The minimum absolute atomic E-state index is 0.292. The van der Waals surface area contributed by atoms with Crippen LogP contribution >= 0.6 is 22.9 Å². The summed E-state index contributed by atoms with van der Waals surface area (Å²) < 4.78 is 27.2. The minimum atomic E-state index is -3.44. The van der Waals surface area contributed by atoms with Gasteiger partial charge in [0.1, 0.15) is 4.21 Å². The van der Waals surface area contributed by atoms with E-state index in [1.54, 1.807) is 18.3 Å². The van der Waals surface area contributed by atoms with Crippen molar-refractivity contribution in [2.24, 2.45) is 0 Å². The lowest BCUT2D eigenvalue weighted by atomic mass is 10.3. The van der Waals surface area contributed by atoms with Crippen LogP contribution in [0.25, 0.3) is 0 Å². The van der Waals surface area contributed by atoms with Gasteiger partial charge in [-0.05, 0) is 24.3 Å². The minimum Gasteiger partial charge on any atom is -0.352 e. The first-order valence-corrected chi connectivity index (χ1v) is 8.99. The number of nitrogens with zero attached hydrogens (tertiary/aromatic N) is 4. The second kappa shape index (κ2) is 5.88. The van der Waals surface area contributed by atoms with Crippen LogP contribution in [-0.2, 0) is 10.0 Å². The van der Waals surface area contributed by atoms with Crippen molar-refractivity contribution in [3.8, 4) is 0 Å². The molecule has 3 rings (SSSR count). The Kier molecular flexibility index (Phi) is 4.12. The first kappa shape index (κ1) is 14.7. The van der Waals surface area contributed by atoms with E-state index in [-0.39, 0.29) is 0 Å². The first-order valence-electron chi connectivity index (χ1n) is 6.35. The average molecular weight is 345 g/mol. The molecule has 2 aromatic rings. The maximum atomic E-state index is 12.5. The topological polar surface area (TPSA) is 66.4 Å². The smallest absolute Gasteiger partial charge is 0.252 e. The molecule has 0 aliphatic carbocycles. The van der Waals surface area contributed by atoms with Crippen LogP contribution in [0.15, 0.2) is 34.7 Å². The molecule has 1 saturated heterocycles. The van der Waals surface area contributed by atoms with Gasteiger partial charge in [-0.1, -0.05) is 11.6 Å². The summed E-state index contributed by atoms with van der Waals surface area (Å²) in [6.07, 6.45) is 1.62. The Morgan fingerprint density at radius 1 is 1.14 bits per heavy atom. The van der Waals surface area contributed by atoms with Crippen LogP contribution in [0.2, 0.25) is 4.34 Å². The summed E-state index contributed by atoms with van der Waals surface area (Å²) in [6.45, 7) is 2.04. The molecule has 0 bridgehead atoms. The van der Waals surface area contributed by atoms with E-state index < -0.39 is 10.0 Å². The third-order valence-electron chi connectivity index (χ3n) is 3.26. The molecule has 3 heterocycles. The van der Waals surface area contributed by atoms with Crippen molar-refractivity contribution in [3.63, 3.8) is 0 Å². The number of sulfonamides is 1. The van der Waals surface area contributed by atoms with Crippen LogP contribution in [0.3, 0.4) is 0 Å². The highest BCUT2D eigenvalue weighted by Gasteiger charge is 2.30. The molecule has 1 fully saturated rings.